The summed E-state index contributed by atoms with van der Waals surface area (Å²) in [4.78, 5) is 16.1. The van der Waals surface area contributed by atoms with Crippen LogP contribution < -0.4 is 10.6 Å². The van der Waals surface area contributed by atoms with E-state index in [0.717, 1.165) is 24.2 Å². The van der Waals surface area contributed by atoms with Crippen LogP contribution in [0.5, 0.6) is 0 Å². The minimum Gasteiger partial charge on any atom is -0.335 e. The summed E-state index contributed by atoms with van der Waals surface area (Å²) in [6.45, 7) is 0.441. The third-order valence-corrected chi connectivity index (χ3v) is 3.61. The van der Waals surface area contributed by atoms with Crippen LogP contribution in [0.4, 0.5) is 4.79 Å². The highest BCUT2D eigenvalue weighted by molar-refractivity contribution is 5.74. The van der Waals surface area contributed by atoms with E-state index in [-0.39, 0.29) is 6.03 Å². The van der Waals surface area contributed by atoms with Crippen LogP contribution in [-0.2, 0) is 6.54 Å². The first-order chi connectivity index (χ1) is 9.33. The van der Waals surface area contributed by atoms with Crippen LogP contribution in [0.3, 0.4) is 0 Å². The molecule has 3 rings (SSSR count). The highest BCUT2D eigenvalue weighted by Crippen LogP contribution is 2.17. The Balaban J connectivity index is 1.58. The minimum absolute atomic E-state index is 0.0976. The van der Waals surface area contributed by atoms with Crippen LogP contribution in [0.2, 0.25) is 0 Å². The molecule has 1 aliphatic carbocycles. The number of carbonyl (C=O) groups excluding carboxylic acids is 1. The van der Waals surface area contributed by atoms with E-state index in [2.05, 4.69) is 15.6 Å². The van der Waals surface area contributed by atoms with Crippen LogP contribution >= 0.6 is 0 Å². The van der Waals surface area contributed by atoms with Gasteiger partial charge >= 0.3 is 6.03 Å². The van der Waals surface area contributed by atoms with Crippen molar-refractivity contribution in [1.82, 2.24) is 20.0 Å². The summed E-state index contributed by atoms with van der Waals surface area (Å²) >= 11 is 0. The van der Waals surface area contributed by atoms with Gasteiger partial charge in [0.15, 0.2) is 0 Å². The number of fused-ring (bicyclic) bond motifs is 1. The molecule has 1 saturated carbocycles. The van der Waals surface area contributed by atoms with Gasteiger partial charge < -0.3 is 15.0 Å². The summed E-state index contributed by atoms with van der Waals surface area (Å²) in [7, 11) is 0. The Morgan fingerprint density at radius 2 is 2.21 bits per heavy atom. The molecule has 1 fully saturated rings. The van der Waals surface area contributed by atoms with Gasteiger partial charge in [-0.1, -0.05) is 18.9 Å². The van der Waals surface area contributed by atoms with Gasteiger partial charge in [0, 0.05) is 12.2 Å². The fraction of sp³-hybridized carbons (Fsp3) is 0.429. The summed E-state index contributed by atoms with van der Waals surface area (Å²) in [5, 5.41) is 5.87. The second kappa shape index (κ2) is 5.30. The van der Waals surface area contributed by atoms with E-state index in [4.69, 9.17) is 0 Å². The van der Waals surface area contributed by atoms with Crippen LogP contribution in [-0.4, -0.2) is 21.5 Å². The van der Waals surface area contributed by atoms with E-state index >= 15 is 0 Å². The predicted molar refractivity (Wildman–Crippen MR) is 72.8 cm³/mol. The maximum atomic E-state index is 11.8. The van der Waals surface area contributed by atoms with Crippen molar-refractivity contribution in [3.05, 3.63) is 36.4 Å². The number of imidazole rings is 1. The number of hydrogen-bond donors (Lipinski definition) is 2. The molecule has 19 heavy (non-hydrogen) atoms. The number of rotatable bonds is 3. The first kappa shape index (κ1) is 12.0. The molecule has 1 aliphatic rings. The number of nitrogens with one attached hydrogen (secondary N) is 2. The molecule has 2 amide bonds. The van der Waals surface area contributed by atoms with E-state index in [1.54, 1.807) is 0 Å². The van der Waals surface area contributed by atoms with Gasteiger partial charge in [0.25, 0.3) is 0 Å². The van der Waals surface area contributed by atoms with Gasteiger partial charge in [-0.15, -0.1) is 0 Å². The van der Waals surface area contributed by atoms with E-state index in [1.807, 2.05) is 35.0 Å². The van der Waals surface area contributed by atoms with Gasteiger partial charge in [0.05, 0.1) is 18.3 Å². The molecule has 0 saturated heterocycles. The number of carbonyl (C=O) groups is 1. The molecule has 100 valence electrons. The number of amides is 2. The molecular formula is C14H18N4O. The first-order valence-corrected chi connectivity index (χ1v) is 6.78. The normalized spacial score (nSPS) is 15.8. The van der Waals surface area contributed by atoms with E-state index in [1.165, 1.54) is 12.8 Å². The standard InChI is InChI=1S/C14H18N4O/c19-14(17-11-5-1-2-6-11)16-10-13-15-9-12-7-3-4-8-18(12)13/h3-4,7-9,11H,1-2,5-6,10H2,(H2,16,17,19). The molecule has 5 nitrogen and oxygen atoms in total. The van der Waals surface area contributed by atoms with Crippen molar-refractivity contribution in [3.8, 4) is 0 Å². The van der Waals surface area contributed by atoms with Crippen LogP contribution in [0.25, 0.3) is 5.52 Å². The average Bonchev–Trinajstić information content (AvgIpc) is 3.05. The Morgan fingerprint density at radius 1 is 1.37 bits per heavy atom. The summed E-state index contributed by atoms with van der Waals surface area (Å²) in [6.07, 6.45) is 8.39. The monoisotopic (exact) mass is 258 g/mol. The van der Waals surface area contributed by atoms with Crippen molar-refractivity contribution in [1.29, 1.82) is 0 Å². The third-order valence-electron chi connectivity index (χ3n) is 3.61. The molecular weight excluding hydrogens is 240 g/mol. The Kier molecular flexibility index (Phi) is 3.35. The Bertz CT molecular complexity index is 572. The lowest BCUT2D eigenvalue weighted by molar-refractivity contribution is 0.236. The zero-order chi connectivity index (χ0) is 13.1. The second-order valence-corrected chi connectivity index (χ2v) is 4.98. The van der Waals surface area contributed by atoms with Crippen molar-refractivity contribution in [2.24, 2.45) is 0 Å². The lowest BCUT2D eigenvalue weighted by Crippen LogP contribution is -2.40. The fourth-order valence-corrected chi connectivity index (χ4v) is 2.60. The largest absolute Gasteiger partial charge is 0.335 e. The van der Waals surface area contributed by atoms with Crippen LogP contribution in [0.15, 0.2) is 30.6 Å². The Hall–Kier alpha value is -2.04. The number of hydrogen-bond acceptors (Lipinski definition) is 2. The van der Waals surface area contributed by atoms with Gasteiger partial charge in [-0.2, -0.15) is 0 Å². The van der Waals surface area contributed by atoms with E-state index < -0.39 is 0 Å². The van der Waals surface area contributed by atoms with Crippen molar-refractivity contribution >= 4 is 11.5 Å². The van der Waals surface area contributed by atoms with Gasteiger partial charge in [-0.25, -0.2) is 9.78 Å². The molecule has 0 spiro atoms. The summed E-state index contributed by atoms with van der Waals surface area (Å²) in [5.74, 6) is 0.845. The topological polar surface area (TPSA) is 58.4 Å². The number of pyridine rings is 1. The quantitative estimate of drug-likeness (QED) is 0.885. The first-order valence-electron chi connectivity index (χ1n) is 6.78. The zero-order valence-corrected chi connectivity index (χ0v) is 10.8. The van der Waals surface area contributed by atoms with Crippen molar-refractivity contribution in [3.63, 3.8) is 0 Å². The molecule has 2 aromatic rings. The van der Waals surface area contributed by atoms with Crippen LogP contribution in [0.1, 0.15) is 31.5 Å². The molecule has 2 N–H and O–H groups in total. The van der Waals surface area contributed by atoms with Gasteiger partial charge in [-0.3, -0.25) is 0 Å². The van der Waals surface area contributed by atoms with Crippen molar-refractivity contribution in [2.45, 2.75) is 38.3 Å². The van der Waals surface area contributed by atoms with Crippen LogP contribution in [0, 0.1) is 0 Å². The fourth-order valence-electron chi connectivity index (χ4n) is 2.60. The summed E-state index contributed by atoms with van der Waals surface area (Å²) in [6, 6.07) is 6.17. The van der Waals surface area contributed by atoms with Crippen molar-refractivity contribution in [2.75, 3.05) is 0 Å². The predicted octanol–water partition coefficient (Wildman–Crippen LogP) is 2.08. The smallest absolute Gasteiger partial charge is 0.315 e. The van der Waals surface area contributed by atoms with E-state index in [9.17, 15) is 4.79 Å². The van der Waals surface area contributed by atoms with Crippen molar-refractivity contribution < 1.29 is 4.79 Å². The molecule has 2 heterocycles. The molecule has 0 radical (unpaired) electrons. The maximum absolute atomic E-state index is 11.8. The van der Waals surface area contributed by atoms with Gasteiger partial charge in [-0.05, 0) is 25.0 Å². The molecule has 0 unspecified atom stereocenters. The molecule has 0 aromatic carbocycles. The lowest BCUT2D eigenvalue weighted by Gasteiger charge is -2.12. The Morgan fingerprint density at radius 3 is 3.05 bits per heavy atom. The average molecular weight is 258 g/mol. The SMILES string of the molecule is O=C(NCc1ncc2ccccn12)NC1CCCC1. The summed E-state index contributed by atoms with van der Waals surface area (Å²) < 4.78 is 1.98. The zero-order valence-electron chi connectivity index (χ0n) is 10.8. The molecule has 0 aliphatic heterocycles. The summed E-state index contributed by atoms with van der Waals surface area (Å²) in [5.41, 5.74) is 1.04. The molecule has 0 atom stereocenters. The van der Waals surface area contributed by atoms with Gasteiger partial charge in [0.1, 0.15) is 5.82 Å². The highest BCUT2D eigenvalue weighted by Gasteiger charge is 2.16. The number of urea groups is 1. The second-order valence-electron chi connectivity index (χ2n) is 4.98. The number of nitrogens with zero attached hydrogens (tertiary/aromatic N) is 2. The maximum Gasteiger partial charge on any atom is 0.315 e. The molecule has 0 bridgehead atoms. The van der Waals surface area contributed by atoms with Gasteiger partial charge in [0.2, 0.25) is 0 Å². The third kappa shape index (κ3) is 2.70. The minimum atomic E-state index is -0.0976. The lowest BCUT2D eigenvalue weighted by atomic mass is 10.2. The Labute approximate surface area is 112 Å². The molecule has 2 aromatic heterocycles. The number of aromatic nitrogens is 2. The van der Waals surface area contributed by atoms with E-state index in [0.29, 0.717) is 12.6 Å². The molecule has 5 heteroatoms. The highest BCUT2D eigenvalue weighted by atomic mass is 16.2.